The van der Waals surface area contributed by atoms with Gasteiger partial charge in [-0.2, -0.15) is 0 Å². The summed E-state index contributed by atoms with van der Waals surface area (Å²) in [7, 11) is 3.63. The zero-order valence-electron chi connectivity index (χ0n) is 6.84. The largest absolute Gasteiger partial charge is 0.347 e. The van der Waals surface area contributed by atoms with Crippen LogP contribution in [0.4, 0.5) is 11.8 Å². The van der Waals surface area contributed by atoms with Gasteiger partial charge in [-0.05, 0) is 16.7 Å². The lowest BCUT2D eigenvalue weighted by Crippen LogP contribution is -2.11. The van der Waals surface area contributed by atoms with Crippen LogP contribution in [0.3, 0.4) is 0 Å². The minimum atomic E-state index is 0.330. The Morgan fingerprint density at radius 3 is 2.92 bits per heavy atom. The first-order chi connectivity index (χ1) is 5.74. The smallest absolute Gasteiger partial charge is 0.225 e. The van der Waals surface area contributed by atoms with E-state index in [4.69, 9.17) is 5.53 Å². The van der Waals surface area contributed by atoms with Gasteiger partial charge < -0.3 is 4.90 Å². The Kier molecular flexibility index (Phi) is 2.45. The molecule has 12 heavy (non-hydrogen) atoms. The van der Waals surface area contributed by atoms with Gasteiger partial charge in [-0.15, -0.1) is 0 Å². The van der Waals surface area contributed by atoms with Crippen LogP contribution in [0.1, 0.15) is 0 Å². The molecule has 0 atom stereocenters. The maximum atomic E-state index is 8.13. The van der Waals surface area contributed by atoms with Crippen molar-refractivity contribution in [1.82, 2.24) is 9.97 Å². The molecule has 0 fully saturated rings. The van der Waals surface area contributed by atoms with Crippen LogP contribution in [-0.4, -0.2) is 24.1 Å². The van der Waals surface area contributed by atoms with Crippen LogP contribution in [0, 0.1) is 0 Å². The van der Waals surface area contributed by atoms with Crippen LogP contribution in [0.15, 0.2) is 17.4 Å². The van der Waals surface area contributed by atoms with E-state index in [0.29, 0.717) is 11.8 Å². The molecule has 0 aromatic carbocycles. The third-order valence-corrected chi connectivity index (χ3v) is 1.18. The Morgan fingerprint density at radius 2 is 2.33 bits per heavy atom. The lowest BCUT2D eigenvalue weighted by atomic mass is 10.6. The second kappa shape index (κ2) is 3.54. The fraction of sp³-hybridized carbons (Fsp3) is 0.333. The lowest BCUT2D eigenvalue weighted by Gasteiger charge is -2.08. The number of nitrogens with zero attached hydrogens (tertiary/aromatic N) is 6. The van der Waals surface area contributed by atoms with Crippen LogP contribution in [0.5, 0.6) is 0 Å². The number of aromatic nitrogens is 2. The van der Waals surface area contributed by atoms with Crippen molar-refractivity contribution in [3.05, 3.63) is 22.7 Å². The zero-order chi connectivity index (χ0) is 8.97. The molecule has 0 spiro atoms. The molecular formula is C6H8N6. The van der Waals surface area contributed by atoms with E-state index >= 15 is 0 Å². The Hall–Kier alpha value is -1.81. The average molecular weight is 164 g/mol. The van der Waals surface area contributed by atoms with Gasteiger partial charge in [0.1, 0.15) is 5.82 Å². The van der Waals surface area contributed by atoms with Gasteiger partial charge in [0.2, 0.25) is 5.95 Å². The van der Waals surface area contributed by atoms with E-state index in [-0.39, 0.29) is 0 Å². The molecule has 0 aliphatic heterocycles. The summed E-state index contributed by atoms with van der Waals surface area (Å²) in [5.41, 5.74) is 8.13. The van der Waals surface area contributed by atoms with Gasteiger partial charge in [0.05, 0.1) is 0 Å². The molecule has 1 aromatic heterocycles. The second-order valence-electron chi connectivity index (χ2n) is 2.30. The maximum absolute atomic E-state index is 8.13. The number of anilines is 1. The molecule has 0 aliphatic rings. The molecule has 0 amide bonds. The number of hydrogen-bond donors (Lipinski definition) is 0. The van der Waals surface area contributed by atoms with E-state index in [9.17, 15) is 0 Å². The quantitative estimate of drug-likeness (QED) is 0.377. The van der Waals surface area contributed by atoms with Crippen molar-refractivity contribution in [3.63, 3.8) is 0 Å². The topological polar surface area (TPSA) is 77.8 Å². The molecule has 1 rings (SSSR count). The Balaban J connectivity index is 3.03. The standard InChI is InChI=1S/C6H8N6/c1-12(2)6-8-4-3-5(9-6)10-11-7/h3-4H,1-2H3. The molecule has 0 aliphatic carbocycles. The summed E-state index contributed by atoms with van der Waals surface area (Å²) >= 11 is 0. The first-order valence-electron chi connectivity index (χ1n) is 3.29. The summed E-state index contributed by atoms with van der Waals surface area (Å²) in [5, 5.41) is 3.35. The summed E-state index contributed by atoms with van der Waals surface area (Å²) in [5.74, 6) is 0.858. The predicted molar refractivity (Wildman–Crippen MR) is 45.2 cm³/mol. The van der Waals surface area contributed by atoms with Gasteiger partial charge in [0.25, 0.3) is 0 Å². The molecule has 0 bridgehead atoms. The summed E-state index contributed by atoms with van der Waals surface area (Å²) < 4.78 is 0. The van der Waals surface area contributed by atoms with Crippen molar-refractivity contribution in [2.24, 2.45) is 5.11 Å². The molecule has 62 valence electrons. The highest BCUT2D eigenvalue weighted by Crippen LogP contribution is 2.10. The maximum Gasteiger partial charge on any atom is 0.225 e. The van der Waals surface area contributed by atoms with Gasteiger partial charge in [-0.3, -0.25) is 0 Å². The summed E-state index contributed by atoms with van der Waals surface area (Å²) in [6.45, 7) is 0. The number of hydrogen-bond acceptors (Lipinski definition) is 4. The van der Waals surface area contributed by atoms with Crippen LogP contribution in [0.2, 0.25) is 0 Å². The van der Waals surface area contributed by atoms with E-state index in [0.717, 1.165) is 0 Å². The second-order valence-corrected chi connectivity index (χ2v) is 2.30. The Labute approximate surface area is 69.5 Å². The fourth-order valence-electron chi connectivity index (χ4n) is 0.656. The van der Waals surface area contributed by atoms with Crippen molar-refractivity contribution in [1.29, 1.82) is 0 Å². The van der Waals surface area contributed by atoms with Crippen molar-refractivity contribution in [2.75, 3.05) is 19.0 Å². The third-order valence-electron chi connectivity index (χ3n) is 1.18. The van der Waals surface area contributed by atoms with Gasteiger partial charge in [-0.1, -0.05) is 0 Å². The van der Waals surface area contributed by atoms with E-state index in [1.54, 1.807) is 17.2 Å². The van der Waals surface area contributed by atoms with Gasteiger partial charge >= 0.3 is 0 Å². The van der Waals surface area contributed by atoms with Crippen molar-refractivity contribution in [3.8, 4) is 0 Å². The number of azide groups is 1. The van der Waals surface area contributed by atoms with Crippen LogP contribution in [0.25, 0.3) is 10.4 Å². The summed E-state index contributed by atoms with van der Waals surface area (Å²) in [6, 6.07) is 1.55. The SMILES string of the molecule is CN(C)c1nccc(N=[N+]=[N-])n1. The van der Waals surface area contributed by atoms with E-state index in [1.807, 2.05) is 14.1 Å². The Morgan fingerprint density at radius 1 is 1.58 bits per heavy atom. The van der Waals surface area contributed by atoms with E-state index in [2.05, 4.69) is 20.0 Å². The van der Waals surface area contributed by atoms with Gasteiger partial charge in [0.15, 0.2) is 0 Å². The molecular weight excluding hydrogens is 156 g/mol. The Bertz CT molecular complexity index is 314. The minimum absolute atomic E-state index is 0.330. The van der Waals surface area contributed by atoms with E-state index in [1.165, 1.54) is 0 Å². The summed E-state index contributed by atoms with van der Waals surface area (Å²) in [4.78, 5) is 12.3. The van der Waals surface area contributed by atoms with Gasteiger partial charge in [-0.25, -0.2) is 9.97 Å². The molecule has 0 saturated heterocycles. The molecule has 0 saturated carbocycles. The average Bonchev–Trinajstić information content (AvgIpc) is 2.05. The first-order valence-corrected chi connectivity index (χ1v) is 3.29. The zero-order valence-corrected chi connectivity index (χ0v) is 6.84. The normalized spacial score (nSPS) is 8.83. The highest BCUT2D eigenvalue weighted by atomic mass is 15.2. The molecule has 0 unspecified atom stereocenters. The van der Waals surface area contributed by atoms with E-state index < -0.39 is 0 Å². The molecule has 6 nitrogen and oxygen atoms in total. The highest BCUT2D eigenvalue weighted by molar-refractivity contribution is 5.35. The molecule has 0 radical (unpaired) electrons. The minimum Gasteiger partial charge on any atom is -0.347 e. The van der Waals surface area contributed by atoms with Crippen LogP contribution >= 0.6 is 0 Å². The molecule has 0 N–H and O–H groups in total. The first kappa shape index (κ1) is 8.29. The lowest BCUT2D eigenvalue weighted by molar-refractivity contribution is 0.995. The highest BCUT2D eigenvalue weighted by Gasteiger charge is 1.97. The fourth-order valence-corrected chi connectivity index (χ4v) is 0.656. The number of rotatable bonds is 2. The third kappa shape index (κ3) is 1.83. The molecule has 6 heteroatoms. The predicted octanol–water partition coefficient (Wildman–Crippen LogP) is 1.48. The summed E-state index contributed by atoms with van der Waals surface area (Å²) in [6.07, 6.45) is 1.55. The van der Waals surface area contributed by atoms with Crippen molar-refractivity contribution < 1.29 is 0 Å². The monoisotopic (exact) mass is 164 g/mol. The molecule has 1 aromatic rings. The molecule has 1 heterocycles. The van der Waals surface area contributed by atoms with Crippen LogP contribution < -0.4 is 4.90 Å². The van der Waals surface area contributed by atoms with Crippen LogP contribution in [-0.2, 0) is 0 Å². The van der Waals surface area contributed by atoms with Crippen molar-refractivity contribution in [2.45, 2.75) is 0 Å². The van der Waals surface area contributed by atoms with Gasteiger partial charge in [0, 0.05) is 25.2 Å². The van der Waals surface area contributed by atoms with Crippen molar-refractivity contribution >= 4 is 11.8 Å².